The first kappa shape index (κ1) is 16.9. The molecular weight excluding hydrogens is 280 g/mol. The standard InChI is InChI=1S/C17H28N2O3/c1-13(2)6-3-9-18-17(21)19-10-4-7-14(19)12-15(20)16-8-5-11-22-16/h5,8,11,13-15,20H,3-4,6-7,9-10,12H2,1-2H3,(H,18,21). The Morgan fingerprint density at radius 3 is 3.05 bits per heavy atom. The Morgan fingerprint density at radius 2 is 2.36 bits per heavy atom. The molecule has 2 atom stereocenters. The molecule has 124 valence electrons. The summed E-state index contributed by atoms with van der Waals surface area (Å²) in [7, 11) is 0. The Morgan fingerprint density at radius 1 is 1.55 bits per heavy atom. The maximum Gasteiger partial charge on any atom is 0.317 e. The lowest BCUT2D eigenvalue weighted by molar-refractivity contribution is 0.108. The summed E-state index contributed by atoms with van der Waals surface area (Å²) >= 11 is 0. The fourth-order valence-electron chi connectivity index (χ4n) is 3.01. The highest BCUT2D eigenvalue weighted by Crippen LogP contribution is 2.27. The molecule has 1 saturated heterocycles. The van der Waals surface area contributed by atoms with Gasteiger partial charge < -0.3 is 19.7 Å². The van der Waals surface area contributed by atoms with Crippen LogP contribution in [0.15, 0.2) is 22.8 Å². The number of carbonyl (C=O) groups is 1. The van der Waals surface area contributed by atoms with E-state index in [1.807, 2.05) is 4.90 Å². The van der Waals surface area contributed by atoms with Crippen LogP contribution in [0, 0.1) is 5.92 Å². The van der Waals surface area contributed by atoms with Gasteiger partial charge in [-0.1, -0.05) is 13.8 Å². The van der Waals surface area contributed by atoms with Crippen molar-refractivity contribution in [1.29, 1.82) is 0 Å². The summed E-state index contributed by atoms with van der Waals surface area (Å²) in [6.07, 6.45) is 5.53. The molecule has 1 aliphatic heterocycles. The van der Waals surface area contributed by atoms with Crippen molar-refractivity contribution in [1.82, 2.24) is 10.2 Å². The summed E-state index contributed by atoms with van der Waals surface area (Å²) in [5, 5.41) is 13.2. The van der Waals surface area contributed by atoms with E-state index in [4.69, 9.17) is 4.42 Å². The molecule has 0 aromatic carbocycles. The minimum absolute atomic E-state index is 0.00194. The topological polar surface area (TPSA) is 65.7 Å². The number of nitrogens with one attached hydrogen (secondary N) is 1. The van der Waals surface area contributed by atoms with E-state index < -0.39 is 6.10 Å². The first-order valence-corrected chi connectivity index (χ1v) is 8.34. The van der Waals surface area contributed by atoms with Gasteiger partial charge in [0.1, 0.15) is 11.9 Å². The van der Waals surface area contributed by atoms with Gasteiger partial charge in [0, 0.05) is 25.6 Å². The summed E-state index contributed by atoms with van der Waals surface area (Å²) in [5.74, 6) is 1.24. The summed E-state index contributed by atoms with van der Waals surface area (Å²) in [5.41, 5.74) is 0. The summed E-state index contributed by atoms with van der Waals surface area (Å²) in [4.78, 5) is 14.1. The van der Waals surface area contributed by atoms with Gasteiger partial charge in [-0.3, -0.25) is 0 Å². The maximum atomic E-state index is 12.3. The Hall–Kier alpha value is -1.49. The number of aliphatic hydroxyl groups excluding tert-OH is 1. The maximum absolute atomic E-state index is 12.3. The van der Waals surface area contributed by atoms with Gasteiger partial charge in [-0.2, -0.15) is 0 Å². The number of carbonyl (C=O) groups excluding carboxylic acids is 1. The molecule has 2 rings (SSSR count). The minimum atomic E-state index is -0.644. The van der Waals surface area contributed by atoms with Gasteiger partial charge in [-0.05, 0) is 43.7 Å². The number of amides is 2. The molecule has 22 heavy (non-hydrogen) atoms. The third kappa shape index (κ3) is 4.77. The molecular formula is C17H28N2O3. The van der Waals surface area contributed by atoms with E-state index in [2.05, 4.69) is 19.2 Å². The highest BCUT2D eigenvalue weighted by Gasteiger charge is 2.31. The molecule has 1 aromatic rings. The van der Waals surface area contributed by atoms with E-state index in [0.717, 1.165) is 38.8 Å². The van der Waals surface area contributed by atoms with Crippen molar-refractivity contribution < 1.29 is 14.3 Å². The molecule has 2 amide bonds. The molecule has 0 aliphatic carbocycles. The van der Waals surface area contributed by atoms with E-state index in [-0.39, 0.29) is 12.1 Å². The molecule has 2 N–H and O–H groups in total. The summed E-state index contributed by atoms with van der Waals surface area (Å²) < 4.78 is 5.23. The number of rotatable bonds is 7. The first-order valence-electron chi connectivity index (χ1n) is 8.34. The zero-order valence-electron chi connectivity index (χ0n) is 13.6. The monoisotopic (exact) mass is 308 g/mol. The number of aliphatic hydroxyl groups is 1. The van der Waals surface area contributed by atoms with Crippen molar-refractivity contribution in [2.75, 3.05) is 13.1 Å². The molecule has 0 saturated carbocycles. The van der Waals surface area contributed by atoms with Crippen LogP contribution in [0.3, 0.4) is 0 Å². The van der Waals surface area contributed by atoms with E-state index in [9.17, 15) is 9.90 Å². The predicted octanol–water partition coefficient (Wildman–Crippen LogP) is 3.31. The van der Waals surface area contributed by atoms with Crippen LogP contribution >= 0.6 is 0 Å². The van der Waals surface area contributed by atoms with Crippen molar-refractivity contribution in [2.45, 2.75) is 58.1 Å². The van der Waals surface area contributed by atoms with Crippen LogP contribution in [-0.2, 0) is 0 Å². The largest absolute Gasteiger partial charge is 0.467 e. The van der Waals surface area contributed by atoms with Crippen LogP contribution < -0.4 is 5.32 Å². The molecule has 0 spiro atoms. The molecule has 0 radical (unpaired) electrons. The second kappa shape index (κ2) is 8.22. The van der Waals surface area contributed by atoms with E-state index >= 15 is 0 Å². The normalized spacial score (nSPS) is 19.6. The Balaban J connectivity index is 1.78. The van der Waals surface area contributed by atoms with Gasteiger partial charge >= 0.3 is 6.03 Å². The minimum Gasteiger partial charge on any atom is -0.467 e. The number of urea groups is 1. The van der Waals surface area contributed by atoms with Crippen LogP contribution in [0.25, 0.3) is 0 Å². The van der Waals surface area contributed by atoms with Crippen LogP contribution in [0.4, 0.5) is 4.79 Å². The van der Waals surface area contributed by atoms with Crippen molar-refractivity contribution in [3.63, 3.8) is 0 Å². The van der Waals surface area contributed by atoms with Crippen LogP contribution in [-0.4, -0.2) is 35.2 Å². The van der Waals surface area contributed by atoms with Crippen LogP contribution in [0.1, 0.15) is 57.8 Å². The van der Waals surface area contributed by atoms with E-state index in [1.165, 1.54) is 0 Å². The molecule has 1 aliphatic rings. The molecule has 5 heteroatoms. The number of likely N-dealkylation sites (tertiary alicyclic amines) is 1. The van der Waals surface area contributed by atoms with Crippen molar-refractivity contribution in [3.8, 4) is 0 Å². The number of nitrogens with zero attached hydrogens (tertiary/aromatic N) is 1. The van der Waals surface area contributed by atoms with E-state index in [0.29, 0.717) is 18.1 Å². The lowest BCUT2D eigenvalue weighted by Crippen LogP contribution is -2.43. The molecule has 2 heterocycles. The SMILES string of the molecule is CC(C)CCCNC(=O)N1CCCC1CC(O)c1ccco1. The number of hydrogen-bond acceptors (Lipinski definition) is 3. The van der Waals surface area contributed by atoms with E-state index in [1.54, 1.807) is 18.4 Å². The average Bonchev–Trinajstić information content (AvgIpc) is 3.14. The van der Waals surface area contributed by atoms with Crippen molar-refractivity contribution in [3.05, 3.63) is 24.2 Å². The Labute approximate surface area is 132 Å². The Kier molecular flexibility index (Phi) is 6.31. The van der Waals surface area contributed by atoms with Crippen LogP contribution in [0.5, 0.6) is 0 Å². The van der Waals surface area contributed by atoms with Crippen molar-refractivity contribution >= 4 is 6.03 Å². The third-order valence-electron chi connectivity index (χ3n) is 4.24. The first-order chi connectivity index (χ1) is 10.6. The van der Waals surface area contributed by atoms with Gasteiger partial charge in [0.2, 0.25) is 0 Å². The third-order valence-corrected chi connectivity index (χ3v) is 4.24. The predicted molar refractivity (Wildman–Crippen MR) is 85.5 cm³/mol. The fraction of sp³-hybridized carbons (Fsp3) is 0.706. The molecule has 1 fully saturated rings. The molecule has 5 nitrogen and oxygen atoms in total. The lowest BCUT2D eigenvalue weighted by atomic mass is 10.1. The second-order valence-corrected chi connectivity index (χ2v) is 6.52. The molecule has 2 unspecified atom stereocenters. The fourth-order valence-corrected chi connectivity index (χ4v) is 3.01. The highest BCUT2D eigenvalue weighted by molar-refractivity contribution is 5.74. The zero-order valence-corrected chi connectivity index (χ0v) is 13.6. The summed E-state index contributed by atoms with van der Waals surface area (Å²) in [6, 6.07) is 3.63. The van der Waals surface area contributed by atoms with Gasteiger partial charge in [-0.15, -0.1) is 0 Å². The highest BCUT2D eigenvalue weighted by atomic mass is 16.4. The molecule has 0 bridgehead atoms. The number of furan rings is 1. The lowest BCUT2D eigenvalue weighted by Gasteiger charge is -2.26. The smallest absolute Gasteiger partial charge is 0.317 e. The van der Waals surface area contributed by atoms with Gasteiger partial charge in [0.25, 0.3) is 0 Å². The number of hydrogen-bond donors (Lipinski definition) is 2. The quantitative estimate of drug-likeness (QED) is 0.759. The van der Waals surface area contributed by atoms with Gasteiger partial charge in [0.15, 0.2) is 0 Å². The Bertz CT molecular complexity index is 445. The van der Waals surface area contributed by atoms with Gasteiger partial charge in [-0.25, -0.2) is 4.79 Å². The molecule has 1 aromatic heterocycles. The average molecular weight is 308 g/mol. The van der Waals surface area contributed by atoms with Crippen LogP contribution in [0.2, 0.25) is 0 Å². The second-order valence-electron chi connectivity index (χ2n) is 6.52. The zero-order chi connectivity index (χ0) is 15.9. The summed E-state index contributed by atoms with van der Waals surface area (Å²) in [6.45, 7) is 5.87. The van der Waals surface area contributed by atoms with Gasteiger partial charge in [0.05, 0.1) is 6.26 Å². The van der Waals surface area contributed by atoms with Crippen molar-refractivity contribution in [2.24, 2.45) is 5.92 Å².